The number of hydrogen-bond acceptors (Lipinski definition) is 4. The summed E-state index contributed by atoms with van der Waals surface area (Å²) in [5.74, 6) is 0.678. The van der Waals surface area contributed by atoms with Gasteiger partial charge in [-0.2, -0.15) is 0 Å². The molecule has 1 aromatic carbocycles. The molecule has 2 rings (SSSR count). The van der Waals surface area contributed by atoms with E-state index in [4.69, 9.17) is 4.74 Å². The highest BCUT2D eigenvalue weighted by atomic mass is 32.2. The van der Waals surface area contributed by atoms with Crippen LogP contribution >= 0.6 is 11.8 Å². The summed E-state index contributed by atoms with van der Waals surface area (Å²) in [4.78, 5) is 18.1. The normalized spacial score (nSPS) is 15.2. The van der Waals surface area contributed by atoms with Crippen LogP contribution < -0.4 is 4.74 Å². The molecule has 1 amide bonds. The lowest BCUT2D eigenvalue weighted by Crippen LogP contribution is -2.41. The maximum atomic E-state index is 12.0. The van der Waals surface area contributed by atoms with Gasteiger partial charge in [0.1, 0.15) is 5.75 Å². The molecule has 18 heavy (non-hydrogen) atoms. The molecule has 0 unspecified atom stereocenters. The van der Waals surface area contributed by atoms with Gasteiger partial charge in [-0.25, -0.2) is 0 Å². The monoisotopic (exact) mass is 264 g/mol. The predicted octanol–water partition coefficient (Wildman–Crippen LogP) is 2.02. The Bertz CT molecular complexity index is 434. The van der Waals surface area contributed by atoms with Crippen LogP contribution in [0.3, 0.4) is 0 Å². The number of carbonyl (C=O) groups excluding carboxylic acids is 1. The fourth-order valence-electron chi connectivity index (χ4n) is 1.73. The first-order valence-corrected chi connectivity index (χ1v) is 7.10. The molecular weight excluding hydrogens is 248 g/mol. The molecule has 0 N–H and O–H groups in total. The van der Waals surface area contributed by atoms with Gasteiger partial charge in [0.05, 0.1) is 0 Å². The number of rotatable bonds is 3. The number of nitrogens with zero attached hydrogens (tertiary/aromatic N) is 2. The van der Waals surface area contributed by atoms with Crippen molar-refractivity contribution in [2.24, 2.45) is 4.99 Å². The molecule has 0 saturated carbocycles. The molecular formula is C13H16N2O2S. The van der Waals surface area contributed by atoms with Gasteiger partial charge in [0, 0.05) is 13.1 Å². The molecule has 4 nitrogen and oxygen atoms in total. The third kappa shape index (κ3) is 3.26. The van der Waals surface area contributed by atoms with Crippen molar-refractivity contribution in [2.45, 2.75) is 6.42 Å². The second-order valence-corrected chi connectivity index (χ2v) is 4.64. The fourth-order valence-corrected chi connectivity index (χ4v) is 2.36. The first kappa shape index (κ1) is 13.0. The molecule has 0 atom stereocenters. The highest BCUT2D eigenvalue weighted by molar-refractivity contribution is 8.13. The van der Waals surface area contributed by atoms with Crippen LogP contribution in [0.4, 0.5) is 0 Å². The summed E-state index contributed by atoms with van der Waals surface area (Å²) in [6.45, 7) is 1.60. The summed E-state index contributed by atoms with van der Waals surface area (Å²) < 4.78 is 5.46. The van der Waals surface area contributed by atoms with E-state index in [1.54, 1.807) is 4.90 Å². The third-order valence-corrected chi connectivity index (χ3v) is 3.32. The highest BCUT2D eigenvalue weighted by Gasteiger charge is 2.21. The maximum absolute atomic E-state index is 12.0. The van der Waals surface area contributed by atoms with Crippen molar-refractivity contribution in [3.8, 4) is 5.75 Å². The molecule has 96 valence electrons. The number of hydrogen-bond donors (Lipinski definition) is 0. The van der Waals surface area contributed by atoms with E-state index in [2.05, 4.69) is 4.99 Å². The van der Waals surface area contributed by atoms with E-state index < -0.39 is 0 Å². The van der Waals surface area contributed by atoms with Crippen molar-refractivity contribution in [1.82, 2.24) is 4.90 Å². The van der Waals surface area contributed by atoms with Gasteiger partial charge in [0.25, 0.3) is 5.91 Å². The molecule has 0 radical (unpaired) electrons. The zero-order valence-electron chi connectivity index (χ0n) is 10.3. The van der Waals surface area contributed by atoms with Crippen LogP contribution in [0.2, 0.25) is 0 Å². The van der Waals surface area contributed by atoms with Crippen molar-refractivity contribution in [2.75, 3.05) is 26.0 Å². The molecule has 1 aliphatic rings. The van der Waals surface area contributed by atoms with Crippen molar-refractivity contribution < 1.29 is 9.53 Å². The second kappa shape index (κ2) is 6.44. The summed E-state index contributed by atoms with van der Waals surface area (Å²) in [5, 5.41) is 0.794. The van der Waals surface area contributed by atoms with E-state index in [9.17, 15) is 4.79 Å². The van der Waals surface area contributed by atoms with Crippen molar-refractivity contribution in [1.29, 1.82) is 0 Å². The fraction of sp³-hybridized carbons (Fsp3) is 0.385. The SMILES string of the molecule is CSC1=NCCCN1C(=O)COc1ccccc1. The zero-order chi connectivity index (χ0) is 12.8. The minimum atomic E-state index is -0.0355. The number of amidine groups is 1. The van der Waals surface area contributed by atoms with Crippen LogP contribution in [0, 0.1) is 0 Å². The summed E-state index contributed by atoms with van der Waals surface area (Å²) in [6, 6.07) is 9.36. The predicted molar refractivity (Wildman–Crippen MR) is 74.1 cm³/mol. The minimum Gasteiger partial charge on any atom is -0.484 e. The number of para-hydroxylation sites is 1. The van der Waals surface area contributed by atoms with Gasteiger partial charge in [-0.05, 0) is 24.8 Å². The number of aliphatic imine (C=N–C) groups is 1. The van der Waals surface area contributed by atoms with Crippen LogP contribution in [0.15, 0.2) is 35.3 Å². The van der Waals surface area contributed by atoms with Crippen molar-refractivity contribution >= 4 is 22.8 Å². The van der Waals surface area contributed by atoms with Gasteiger partial charge in [-0.15, -0.1) is 0 Å². The number of thioether (sulfide) groups is 1. The largest absolute Gasteiger partial charge is 0.484 e. The average Bonchev–Trinajstić information content (AvgIpc) is 2.45. The zero-order valence-corrected chi connectivity index (χ0v) is 11.2. The van der Waals surface area contributed by atoms with Crippen LogP contribution in [0.1, 0.15) is 6.42 Å². The standard InChI is InChI=1S/C13H16N2O2S/c1-18-13-14-8-5-9-15(13)12(16)10-17-11-6-3-2-4-7-11/h2-4,6-7H,5,8-10H2,1H3. The van der Waals surface area contributed by atoms with Crippen LogP contribution in [-0.4, -0.2) is 41.9 Å². The van der Waals surface area contributed by atoms with Crippen molar-refractivity contribution in [3.63, 3.8) is 0 Å². The van der Waals surface area contributed by atoms with Gasteiger partial charge < -0.3 is 4.74 Å². The van der Waals surface area contributed by atoms with E-state index in [-0.39, 0.29) is 12.5 Å². The molecule has 0 spiro atoms. The van der Waals surface area contributed by atoms with E-state index >= 15 is 0 Å². The summed E-state index contributed by atoms with van der Waals surface area (Å²) in [7, 11) is 0. The molecule has 1 aliphatic heterocycles. The highest BCUT2D eigenvalue weighted by Crippen LogP contribution is 2.13. The number of amides is 1. The molecule has 0 fully saturated rings. The van der Waals surface area contributed by atoms with Crippen LogP contribution in [-0.2, 0) is 4.79 Å². The van der Waals surface area contributed by atoms with Gasteiger partial charge >= 0.3 is 0 Å². The summed E-state index contributed by atoms with van der Waals surface area (Å²) in [5.41, 5.74) is 0. The van der Waals surface area contributed by atoms with Crippen LogP contribution in [0.25, 0.3) is 0 Å². The molecule has 0 saturated heterocycles. The van der Waals surface area contributed by atoms with Gasteiger partial charge in [-0.3, -0.25) is 14.7 Å². The third-order valence-electron chi connectivity index (χ3n) is 2.61. The Morgan fingerprint density at radius 2 is 2.22 bits per heavy atom. The van der Waals surface area contributed by atoms with Crippen molar-refractivity contribution in [3.05, 3.63) is 30.3 Å². The Morgan fingerprint density at radius 3 is 2.94 bits per heavy atom. The lowest BCUT2D eigenvalue weighted by Gasteiger charge is -2.26. The molecule has 0 bridgehead atoms. The molecule has 5 heteroatoms. The van der Waals surface area contributed by atoms with E-state index in [0.717, 1.165) is 24.7 Å². The number of carbonyl (C=O) groups is 1. The first-order chi connectivity index (χ1) is 8.81. The second-order valence-electron chi connectivity index (χ2n) is 3.87. The molecule has 0 aromatic heterocycles. The lowest BCUT2D eigenvalue weighted by molar-refractivity contribution is -0.129. The van der Waals surface area contributed by atoms with Gasteiger partial charge in [0.15, 0.2) is 11.8 Å². The molecule has 0 aliphatic carbocycles. The topological polar surface area (TPSA) is 41.9 Å². The molecule has 1 aromatic rings. The average molecular weight is 264 g/mol. The van der Waals surface area contributed by atoms with Crippen LogP contribution in [0.5, 0.6) is 5.75 Å². The Labute approximate surface area is 111 Å². The Kier molecular flexibility index (Phi) is 4.64. The Morgan fingerprint density at radius 1 is 1.44 bits per heavy atom. The van der Waals surface area contributed by atoms with E-state index in [0.29, 0.717) is 5.75 Å². The summed E-state index contributed by atoms with van der Waals surface area (Å²) >= 11 is 1.50. The molecule has 1 heterocycles. The van der Waals surface area contributed by atoms with E-state index in [1.807, 2.05) is 36.6 Å². The lowest BCUT2D eigenvalue weighted by atomic mass is 10.3. The van der Waals surface area contributed by atoms with Gasteiger partial charge in [-0.1, -0.05) is 30.0 Å². The Balaban J connectivity index is 1.92. The number of ether oxygens (including phenoxy) is 1. The quantitative estimate of drug-likeness (QED) is 0.838. The summed E-state index contributed by atoms with van der Waals surface area (Å²) in [6.07, 6.45) is 2.85. The number of benzene rings is 1. The Hall–Kier alpha value is -1.49. The minimum absolute atomic E-state index is 0.0355. The van der Waals surface area contributed by atoms with E-state index in [1.165, 1.54) is 11.8 Å². The smallest absolute Gasteiger partial charge is 0.266 e. The maximum Gasteiger partial charge on any atom is 0.266 e. The first-order valence-electron chi connectivity index (χ1n) is 5.88. The van der Waals surface area contributed by atoms with Gasteiger partial charge in [0.2, 0.25) is 0 Å².